The van der Waals surface area contributed by atoms with E-state index in [0.29, 0.717) is 5.92 Å². The maximum atomic E-state index is 13.2. The van der Waals surface area contributed by atoms with Crippen molar-refractivity contribution in [2.45, 2.75) is 25.7 Å². The number of fused-ring (bicyclic) bond motifs is 1. The summed E-state index contributed by atoms with van der Waals surface area (Å²) in [5.74, 6) is 0.380. The lowest BCUT2D eigenvalue weighted by Gasteiger charge is -2.30. The number of piperidine rings is 1. The van der Waals surface area contributed by atoms with Crippen molar-refractivity contribution in [1.82, 2.24) is 9.27 Å². The molecule has 1 saturated heterocycles. The van der Waals surface area contributed by atoms with Crippen LogP contribution in [0.5, 0.6) is 0 Å². The van der Waals surface area contributed by atoms with Gasteiger partial charge in [0.1, 0.15) is 5.82 Å². The van der Waals surface area contributed by atoms with Crippen molar-refractivity contribution in [3.63, 3.8) is 0 Å². The molecule has 1 aromatic carbocycles. The summed E-state index contributed by atoms with van der Waals surface area (Å²) in [6, 6.07) is 5.02. The van der Waals surface area contributed by atoms with Crippen LogP contribution in [0.15, 0.2) is 18.2 Å². The quantitative estimate of drug-likeness (QED) is 0.823. The third-order valence-corrected chi connectivity index (χ3v) is 4.71. The van der Waals surface area contributed by atoms with Crippen LogP contribution in [0.3, 0.4) is 0 Å². The summed E-state index contributed by atoms with van der Waals surface area (Å²) in [5.41, 5.74) is 1.19. The first-order chi connectivity index (χ1) is 8.78. The maximum absolute atomic E-state index is 13.2. The second kappa shape index (κ2) is 4.94. The molecule has 18 heavy (non-hydrogen) atoms. The van der Waals surface area contributed by atoms with Crippen molar-refractivity contribution in [1.29, 1.82) is 0 Å². The van der Waals surface area contributed by atoms with Gasteiger partial charge >= 0.3 is 0 Å². The first-order valence-corrected chi connectivity index (χ1v) is 7.32. The second-order valence-corrected chi connectivity index (χ2v) is 5.72. The van der Waals surface area contributed by atoms with E-state index in [2.05, 4.69) is 16.2 Å². The molecule has 0 amide bonds. The molecule has 0 unspecified atom stereocenters. The Morgan fingerprint density at radius 1 is 1.39 bits per heavy atom. The minimum Gasteiger partial charge on any atom is -0.304 e. The Morgan fingerprint density at radius 2 is 2.17 bits per heavy atom. The summed E-state index contributed by atoms with van der Waals surface area (Å²) in [6.45, 7) is 5.65. The van der Waals surface area contributed by atoms with Gasteiger partial charge in [-0.15, -0.1) is 0 Å². The molecule has 1 aromatic heterocycles. The van der Waals surface area contributed by atoms with Gasteiger partial charge in [0.15, 0.2) is 0 Å². The summed E-state index contributed by atoms with van der Waals surface area (Å²) in [7, 11) is 0. The molecule has 0 atom stereocenters. The van der Waals surface area contributed by atoms with Gasteiger partial charge in [-0.25, -0.2) is 4.39 Å². The molecule has 2 nitrogen and oxygen atoms in total. The first-order valence-electron chi connectivity index (χ1n) is 6.55. The van der Waals surface area contributed by atoms with Crippen LogP contribution in [0, 0.1) is 5.82 Å². The molecule has 0 N–H and O–H groups in total. The van der Waals surface area contributed by atoms with Gasteiger partial charge in [-0.05, 0) is 62.2 Å². The van der Waals surface area contributed by atoms with Gasteiger partial charge in [0.05, 0.1) is 10.4 Å². The van der Waals surface area contributed by atoms with Crippen molar-refractivity contribution in [3.8, 4) is 0 Å². The zero-order valence-corrected chi connectivity index (χ0v) is 11.3. The van der Waals surface area contributed by atoms with Gasteiger partial charge < -0.3 is 4.90 Å². The summed E-state index contributed by atoms with van der Waals surface area (Å²) in [6.07, 6.45) is 2.34. The van der Waals surface area contributed by atoms with Gasteiger partial charge in [-0.2, -0.15) is 4.37 Å². The minimum absolute atomic E-state index is 0.168. The van der Waals surface area contributed by atoms with E-state index in [0.717, 1.165) is 29.7 Å². The van der Waals surface area contributed by atoms with Crippen LogP contribution in [0.2, 0.25) is 0 Å². The molecule has 4 heteroatoms. The molecule has 0 bridgehead atoms. The van der Waals surface area contributed by atoms with Crippen LogP contribution in [0.1, 0.15) is 31.4 Å². The average molecular weight is 264 g/mol. The van der Waals surface area contributed by atoms with Crippen LogP contribution in [-0.2, 0) is 0 Å². The number of halogens is 1. The smallest absolute Gasteiger partial charge is 0.124 e. The number of hydrogen-bond acceptors (Lipinski definition) is 3. The van der Waals surface area contributed by atoms with Crippen LogP contribution >= 0.6 is 11.5 Å². The third-order valence-electron chi connectivity index (χ3n) is 3.88. The van der Waals surface area contributed by atoms with E-state index in [9.17, 15) is 4.39 Å². The topological polar surface area (TPSA) is 16.1 Å². The second-order valence-electron chi connectivity index (χ2n) is 4.92. The predicted molar refractivity (Wildman–Crippen MR) is 73.7 cm³/mol. The monoisotopic (exact) mass is 264 g/mol. The zero-order chi connectivity index (χ0) is 12.5. The zero-order valence-electron chi connectivity index (χ0n) is 10.5. The Balaban J connectivity index is 1.87. The number of nitrogens with zero attached hydrogens (tertiary/aromatic N) is 2. The molecule has 1 aliphatic heterocycles. The average Bonchev–Trinajstić information content (AvgIpc) is 2.81. The highest BCUT2D eigenvalue weighted by atomic mass is 32.1. The van der Waals surface area contributed by atoms with Crippen LogP contribution in [0.25, 0.3) is 10.1 Å². The fourth-order valence-corrected chi connectivity index (χ4v) is 3.63. The van der Waals surface area contributed by atoms with Crippen molar-refractivity contribution in [2.75, 3.05) is 19.6 Å². The molecule has 3 rings (SSSR count). The van der Waals surface area contributed by atoms with Crippen molar-refractivity contribution in [2.24, 2.45) is 0 Å². The van der Waals surface area contributed by atoms with E-state index in [1.165, 1.54) is 30.1 Å². The molecular weight excluding hydrogens is 247 g/mol. The lowest BCUT2D eigenvalue weighted by Crippen LogP contribution is -2.32. The Labute approximate surface area is 111 Å². The molecule has 2 heterocycles. The minimum atomic E-state index is -0.168. The van der Waals surface area contributed by atoms with E-state index >= 15 is 0 Å². The van der Waals surface area contributed by atoms with E-state index in [1.54, 1.807) is 12.1 Å². The Hall–Kier alpha value is -1.00. The summed E-state index contributed by atoms with van der Waals surface area (Å²) in [4.78, 5) is 2.48. The number of aromatic nitrogens is 1. The molecule has 0 radical (unpaired) electrons. The Bertz CT molecular complexity index is 544. The lowest BCUT2D eigenvalue weighted by atomic mass is 9.92. The highest BCUT2D eigenvalue weighted by molar-refractivity contribution is 7.13. The van der Waals surface area contributed by atoms with E-state index in [4.69, 9.17) is 0 Å². The van der Waals surface area contributed by atoms with E-state index in [1.807, 2.05) is 6.07 Å². The van der Waals surface area contributed by atoms with Crippen LogP contribution in [0.4, 0.5) is 4.39 Å². The number of rotatable bonds is 2. The largest absolute Gasteiger partial charge is 0.304 e. The van der Waals surface area contributed by atoms with E-state index in [-0.39, 0.29) is 5.82 Å². The fraction of sp³-hybridized carbons (Fsp3) is 0.500. The van der Waals surface area contributed by atoms with Gasteiger partial charge in [-0.3, -0.25) is 0 Å². The number of benzene rings is 1. The molecule has 2 aromatic rings. The highest BCUT2D eigenvalue weighted by Gasteiger charge is 2.23. The summed E-state index contributed by atoms with van der Waals surface area (Å²) >= 11 is 1.42. The lowest BCUT2D eigenvalue weighted by molar-refractivity contribution is 0.222. The summed E-state index contributed by atoms with van der Waals surface area (Å²) in [5, 5.41) is 1.15. The van der Waals surface area contributed by atoms with Gasteiger partial charge in [0.25, 0.3) is 0 Å². The molecule has 0 spiro atoms. The molecule has 0 saturated carbocycles. The van der Waals surface area contributed by atoms with Gasteiger partial charge in [0, 0.05) is 11.3 Å². The van der Waals surface area contributed by atoms with Crippen LogP contribution in [-0.4, -0.2) is 28.9 Å². The van der Waals surface area contributed by atoms with Gasteiger partial charge in [-0.1, -0.05) is 6.92 Å². The van der Waals surface area contributed by atoms with Crippen LogP contribution < -0.4 is 0 Å². The molecule has 0 aliphatic carbocycles. The molecular formula is C14H17FN2S. The number of likely N-dealkylation sites (tertiary alicyclic amines) is 1. The van der Waals surface area contributed by atoms with Crippen molar-refractivity contribution < 1.29 is 4.39 Å². The summed E-state index contributed by atoms with van der Waals surface area (Å²) < 4.78 is 18.7. The third kappa shape index (κ3) is 2.15. The standard InChI is InChI=1S/C14H17FN2S/c1-2-17-7-5-10(6-8-17)14-12-4-3-11(15)9-13(12)18-16-14/h3-4,9-10H,2,5-8H2,1H3. The van der Waals surface area contributed by atoms with Crippen molar-refractivity contribution in [3.05, 3.63) is 29.7 Å². The first kappa shape index (κ1) is 12.1. The Morgan fingerprint density at radius 3 is 2.89 bits per heavy atom. The molecule has 1 fully saturated rings. The maximum Gasteiger partial charge on any atom is 0.124 e. The van der Waals surface area contributed by atoms with E-state index < -0.39 is 0 Å². The van der Waals surface area contributed by atoms with Crippen molar-refractivity contribution >= 4 is 21.6 Å². The SMILES string of the molecule is CCN1CCC(c2nsc3cc(F)ccc23)CC1. The molecule has 1 aliphatic rings. The van der Waals surface area contributed by atoms with Gasteiger partial charge in [0.2, 0.25) is 0 Å². The normalized spacial score (nSPS) is 18.6. The number of hydrogen-bond donors (Lipinski definition) is 0. The highest BCUT2D eigenvalue weighted by Crippen LogP contribution is 2.34. The fourth-order valence-electron chi connectivity index (χ4n) is 2.75. The Kier molecular flexibility index (Phi) is 3.31. The molecule has 96 valence electrons. The predicted octanol–water partition coefficient (Wildman–Crippen LogP) is 3.63.